The molecule has 0 radical (unpaired) electrons. The van der Waals surface area contributed by atoms with E-state index in [1.807, 2.05) is 19.9 Å². The molecule has 0 aromatic rings. The normalized spacial score (nSPS) is 52.9. The van der Waals surface area contributed by atoms with Crippen molar-refractivity contribution in [2.24, 2.45) is 28.6 Å². The molecule has 0 amide bonds. The molecule has 146 valence electrons. The van der Waals surface area contributed by atoms with Crippen LogP contribution in [0.5, 0.6) is 0 Å². The van der Waals surface area contributed by atoms with E-state index in [1.54, 1.807) is 0 Å². The van der Waals surface area contributed by atoms with Crippen molar-refractivity contribution in [1.29, 1.82) is 5.26 Å². The molecule has 0 aromatic heterocycles. The maximum atomic E-state index is 12.0. The number of carbonyl (C=O) groups is 1. The summed E-state index contributed by atoms with van der Waals surface area (Å²) in [5, 5.41) is 10.2. The zero-order valence-electron chi connectivity index (χ0n) is 17.0. The van der Waals surface area contributed by atoms with Crippen LogP contribution in [0.2, 0.25) is 0 Å². The van der Waals surface area contributed by atoms with Crippen molar-refractivity contribution in [3.63, 3.8) is 0 Å². The number of fused-ring (bicyclic) bond motifs is 7. The first-order valence-corrected chi connectivity index (χ1v) is 10.7. The topological polar surface area (TPSA) is 59.3 Å². The van der Waals surface area contributed by atoms with Gasteiger partial charge < -0.3 is 9.47 Å². The molecule has 7 atom stereocenters. The van der Waals surface area contributed by atoms with Crippen molar-refractivity contribution >= 4 is 5.78 Å². The average molecular weight is 370 g/mol. The Bertz CT molecular complexity index is 779. The zero-order chi connectivity index (χ0) is 19.2. The quantitative estimate of drug-likeness (QED) is 0.629. The van der Waals surface area contributed by atoms with Gasteiger partial charge in [0, 0.05) is 11.8 Å². The average Bonchev–Trinajstić information content (AvgIpc) is 3.01. The number of nitriles is 1. The Balaban J connectivity index is 1.52. The van der Waals surface area contributed by atoms with Crippen molar-refractivity contribution in [1.82, 2.24) is 0 Å². The third-order valence-electron chi connectivity index (χ3n) is 9.12. The Kier molecular flexibility index (Phi) is 3.47. The maximum Gasteiger partial charge on any atom is 0.189 e. The molecule has 27 heavy (non-hydrogen) atoms. The maximum absolute atomic E-state index is 12.0. The lowest BCUT2D eigenvalue weighted by molar-refractivity contribution is -0.200. The number of allylic oxidation sites excluding steroid dienone is 1. The van der Waals surface area contributed by atoms with Gasteiger partial charge in [0.1, 0.15) is 12.2 Å². The van der Waals surface area contributed by atoms with E-state index in [1.165, 1.54) is 5.57 Å². The molecule has 0 bridgehead atoms. The minimum atomic E-state index is -0.814. The second kappa shape index (κ2) is 5.24. The van der Waals surface area contributed by atoms with Crippen molar-refractivity contribution < 1.29 is 14.3 Å². The van der Waals surface area contributed by atoms with E-state index in [0.29, 0.717) is 30.0 Å². The molecule has 1 heterocycles. The first-order chi connectivity index (χ1) is 12.7. The highest BCUT2D eigenvalue weighted by atomic mass is 16.8. The predicted octanol–water partition coefficient (Wildman–Crippen LogP) is 4.54. The van der Waals surface area contributed by atoms with E-state index in [9.17, 15) is 10.1 Å². The molecule has 0 aromatic carbocycles. The third-order valence-corrected chi connectivity index (χ3v) is 9.12. The van der Waals surface area contributed by atoms with Crippen LogP contribution < -0.4 is 0 Å². The molecule has 4 nitrogen and oxygen atoms in total. The molecule has 4 fully saturated rings. The zero-order valence-corrected chi connectivity index (χ0v) is 17.0. The van der Waals surface area contributed by atoms with Crippen LogP contribution in [0.1, 0.15) is 72.6 Å². The summed E-state index contributed by atoms with van der Waals surface area (Å²) in [6, 6.07) is 2.60. The molecule has 0 N–H and O–H groups in total. The van der Waals surface area contributed by atoms with Gasteiger partial charge in [-0.15, -0.1) is 0 Å². The molecule has 5 rings (SSSR count). The van der Waals surface area contributed by atoms with Gasteiger partial charge in [0.25, 0.3) is 0 Å². The van der Waals surface area contributed by atoms with Crippen LogP contribution >= 0.6 is 0 Å². The van der Waals surface area contributed by atoms with E-state index in [4.69, 9.17) is 9.47 Å². The Labute approximate surface area is 162 Å². The molecule has 3 saturated carbocycles. The van der Waals surface area contributed by atoms with Gasteiger partial charge in [0.2, 0.25) is 0 Å². The van der Waals surface area contributed by atoms with E-state index < -0.39 is 11.4 Å². The number of ketones is 1. The Morgan fingerprint density at radius 2 is 1.89 bits per heavy atom. The second-order valence-corrected chi connectivity index (χ2v) is 10.6. The van der Waals surface area contributed by atoms with Crippen LogP contribution in [0.25, 0.3) is 0 Å². The summed E-state index contributed by atoms with van der Waals surface area (Å²) >= 11 is 0. The minimum Gasteiger partial charge on any atom is -0.343 e. The van der Waals surface area contributed by atoms with Gasteiger partial charge in [-0.3, -0.25) is 4.79 Å². The summed E-state index contributed by atoms with van der Waals surface area (Å²) in [7, 11) is 0. The molecule has 1 aliphatic heterocycles. The summed E-state index contributed by atoms with van der Waals surface area (Å²) in [4.78, 5) is 12.0. The molecular weight excluding hydrogens is 338 g/mol. The van der Waals surface area contributed by atoms with Crippen LogP contribution in [-0.2, 0) is 14.3 Å². The lowest BCUT2D eigenvalue weighted by Gasteiger charge is -2.58. The molecule has 5 aliphatic rings. The Morgan fingerprint density at radius 3 is 2.63 bits per heavy atom. The monoisotopic (exact) mass is 369 g/mol. The lowest BCUT2D eigenvalue weighted by atomic mass is 9.46. The van der Waals surface area contributed by atoms with Crippen LogP contribution in [0, 0.1) is 39.9 Å². The first-order valence-electron chi connectivity index (χ1n) is 10.7. The predicted molar refractivity (Wildman–Crippen MR) is 100 cm³/mol. The van der Waals surface area contributed by atoms with E-state index in [2.05, 4.69) is 19.9 Å². The molecular formula is C23H31NO3. The van der Waals surface area contributed by atoms with Crippen molar-refractivity contribution in [2.75, 3.05) is 0 Å². The first kappa shape index (κ1) is 17.9. The summed E-state index contributed by atoms with van der Waals surface area (Å²) in [6.07, 6.45) is 8.77. The van der Waals surface area contributed by atoms with Crippen LogP contribution in [0.3, 0.4) is 0 Å². The number of ether oxygens (including phenoxy) is 2. The fraction of sp³-hybridized carbons (Fsp3) is 0.826. The third kappa shape index (κ3) is 2.08. The fourth-order valence-electron chi connectivity index (χ4n) is 7.83. The summed E-state index contributed by atoms with van der Waals surface area (Å²) < 4.78 is 12.6. The van der Waals surface area contributed by atoms with Crippen LogP contribution in [0.4, 0.5) is 0 Å². The van der Waals surface area contributed by atoms with Gasteiger partial charge in [0.15, 0.2) is 17.2 Å². The van der Waals surface area contributed by atoms with Crippen molar-refractivity contribution in [3.05, 3.63) is 11.6 Å². The lowest BCUT2D eigenvalue weighted by Crippen LogP contribution is -2.56. The van der Waals surface area contributed by atoms with E-state index in [-0.39, 0.29) is 16.9 Å². The number of rotatable bonds is 0. The highest BCUT2D eigenvalue weighted by Gasteiger charge is 2.73. The van der Waals surface area contributed by atoms with Crippen LogP contribution in [0.15, 0.2) is 11.6 Å². The smallest absolute Gasteiger partial charge is 0.189 e. The SMILES string of the molecule is CC1(C)O[C@@H]2CC3C4CCC5=CC(=O)CC[C@]5(C)C4CC[C@]3(C)[C@]2(C#N)O1. The molecule has 3 unspecified atom stereocenters. The Hall–Kier alpha value is -1.18. The van der Waals surface area contributed by atoms with Gasteiger partial charge in [0.05, 0.1) is 0 Å². The highest BCUT2D eigenvalue weighted by molar-refractivity contribution is 5.91. The largest absolute Gasteiger partial charge is 0.343 e. The molecule has 4 aliphatic carbocycles. The van der Waals surface area contributed by atoms with E-state index >= 15 is 0 Å². The van der Waals surface area contributed by atoms with E-state index in [0.717, 1.165) is 38.5 Å². The Morgan fingerprint density at radius 1 is 1.11 bits per heavy atom. The number of carbonyl (C=O) groups excluding carboxylic acids is 1. The van der Waals surface area contributed by atoms with Crippen LogP contribution in [-0.4, -0.2) is 23.3 Å². The standard InChI is InChI=1S/C23H31NO3/c1-20(2)26-19-12-18-16-6-5-14-11-15(25)7-9-21(14,3)17(16)8-10-22(18,4)23(19,13-24)27-20/h11,16-19H,5-10,12H2,1-4H3/t16?,17?,18?,19-,21+,22+,23-/m1/s1. The number of nitrogens with zero attached hydrogens (tertiary/aromatic N) is 1. The molecule has 4 heteroatoms. The van der Waals surface area contributed by atoms with Gasteiger partial charge in [-0.25, -0.2) is 0 Å². The summed E-state index contributed by atoms with van der Waals surface area (Å²) in [5.74, 6) is 1.32. The van der Waals surface area contributed by atoms with Gasteiger partial charge in [-0.2, -0.15) is 5.26 Å². The second-order valence-electron chi connectivity index (χ2n) is 10.6. The fourth-order valence-corrected chi connectivity index (χ4v) is 7.83. The summed E-state index contributed by atoms with van der Waals surface area (Å²) in [5.41, 5.74) is 0.594. The van der Waals surface area contributed by atoms with Crippen molar-refractivity contribution in [3.8, 4) is 6.07 Å². The highest BCUT2D eigenvalue weighted by Crippen LogP contribution is 2.70. The van der Waals surface area contributed by atoms with Gasteiger partial charge >= 0.3 is 0 Å². The number of hydrogen-bond donors (Lipinski definition) is 0. The minimum absolute atomic E-state index is 0.121. The molecule has 1 saturated heterocycles. The van der Waals surface area contributed by atoms with Gasteiger partial charge in [-0.05, 0) is 81.6 Å². The number of hydrogen-bond acceptors (Lipinski definition) is 4. The van der Waals surface area contributed by atoms with Gasteiger partial charge in [-0.1, -0.05) is 19.4 Å². The van der Waals surface area contributed by atoms with Crippen molar-refractivity contribution in [2.45, 2.75) is 90.1 Å². The molecule has 0 spiro atoms. The summed E-state index contributed by atoms with van der Waals surface area (Å²) in [6.45, 7) is 8.56.